The zero-order valence-corrected chi connectivity index (χ0v) is 12.1. The minimum absolute atomic E-state index is 0.0713. The van der Waals surface area contributed by atoms with Crippen LogP contribution in [0.15, 0.2) is 35.9 Å². The smallest absolute Gasteiger partial charge is 0.282 e. The SMILES string of the molecule is CCn1cnc(S(=O)(=O)Nc2cc(C#CCO)ccn2)c1. The number of nitrogens with one attached hydrogen (secondary N) is 1. The third kappa shape index (κ3) is 3.81. The second-order valence-electron chi connectivity index (χ2n) is 4.04. The molecule has 0 spiro atoms. The largest absolute Gasteiger partial charge is 0.384 e. The van der Waals surface area contributed by atoms with Gasteiger partial charge < -0.3 is 9.67 Å². The van der Waals surface area contributed by atoms with Gasteiger partial charge in [-0.3, -0.25) is 4.72 Å². The first-order chi connectivity index (χ1) is 10.0. The molecule has 2 N–H and O–H groups in total. The molecule has 0 fully saturated rings. The Labute approximate surface area is 122 Å². The quantitative estimate of drug-likeness (QED) is 0.799. The highest BCUT2D eigenvalue weighted by Gasteiger charge is 2.17. The molecule has 2 aromatic heterocycles. The van der Waals surface area contributed by atoms with Gasteiger partial charge in [0.15, 0.2) is 5.03 Å². The molecule has 0 unspecified atom stereocenters. The lowest BCUT2D eigenvalue weighted by atomic mass is 10.2. The van der Waals surface area contributed by atoms with Crippen molar-refractivity contribution in [2.45, 2.75) is 18.5 Å². The summed E-state index contributed by atoms with van der Waals surface area (Å²) in [5, 5.41) is 8.58. The van der Waals surface area contributed by atoms with E-state index in [0.717, 1.165) is 0 Å². The van der Waals surface area contributed by atoms with Crippen molar-refractivity contribution in [1.29, 1.82) is 0 Å². The molecule has 2 heterocycles. The monoisotopic (exact) mass is 306 g/mol. The van der Waals surface area contributed by atoms with Crippen LogP contribution in [0.5, 0.6) is 0 Å². The Bertz CT molecular complexity index is 787. The predicted molar refractivity (Wildman–Crippen MR) is 76.9 cm³/mol. The van der Waals surface area contributed by atoms with Gasteiger partial charge in [0.1, 0.15) is 12.4 Å². The fourth-order valence-corrected chi connectivity index (χ4v) is 2.50. The number of anilines is 1. The Kier molecular flexibility index (Phi) is 4.57. The summed E-state index contributed by atoms with van der Waals surface area (Å²) in [7, 11) is -3.78. The molecule has 0 aliphatic heterocycles. The van der Waals surface area contributed by atoms with Crippen molar-refractivity contribution in [3.05, 3.63) is 36.4 Å². The number of aliphatic hydroxyl groups excluding tert-OH is 1. The molecule has 7 nitrogen and oxygen atoms in total. The molecule has 2 rings (SSSR count). The number of imidazole rings is 1. The van der Waals surface area contributed by atoms with Crippen LogP contribution in [0.2, 0.25) is 0 Å². The average Bonchev–Trinajstić information content (AvgIpc) is 2.95. The van der Waals surface area contributed by atoms with E-state index in [9.17, 15) is 8.42 Å². The highest BCUT2D eigenvalue weighted by Crippen LogP contribution is 2.13. The van der Waals surface area contributed by atoms with Crippen molar-refractivity contribution >= 4 is 15.8 Å². The summed E-state index contributed by atoms with van der Waals surface area (Å²) in [6.45, 7) is 2.25. The topological polar surface area (TPSA) is 97.1 Å². The van der Waals surface area contributed by atoms with Crippen LogP contribution in [0.4, 0.5) is 5.82 Å². The third-order valence-electron chi connectivity index (χ3n) is 2.56. The van der Waals surface area contributed by atoms with Crippen LogP contribution in [-0.4, -0.2) is 34.7 Å². The van der Waals surface area contributed by atoms with E-state index in [1.54, 1.807) is 10.6 Å². The Balaban J connectivity index is 2.24. The van der Waals surface area contributed by atoms with Gasteiger partial charge in [-0.1, -0.05) is 11.8 Å². The zero-order valence-electron chi connectivity index (χ0n) is 11.3. The summed E-state index contributed by atoms with van der Waals surface area (Å²) in [5.74, 6) is 5.31. The van der Waals surface area contributed by atoms with Gasteiger partial charge in [-0.25, -0.2) is 9.97 Å². The van der Waals surface area contributed by atoms with E-state index in [2.05, 4.69) is 26.5 Å². The Morgan fingerprint density at radius 3 is 2.90 bits per heavy atom. The Morgan fingerprint density at radius 2 is 2.24 bits per heavy atom. The fraction of sp³-hybridized carbons (Fsp3) is 0.231. The number of aliphatic hydroxyl groups is 1. The molecule has 0 amide bonds. The number of aryl methyl sites for hydroxylation is 1. The van der Waals surface area contributed by atoms with Crippen LogP contribution in [-0.2, 0) is 16.6 Å². The van der Waals surface area contributed by atoms with Gasteiger partial charge in [0.2, 0.25) is 0 Å². The Morgan fingerprint density at radius 1 is 1.43 bits per heavy atom. The maximum absolute atomic E-state index is 12.2. The van der Waals surface area contributed by atoms with E-state index in [1.165, 1.54) is 24.8 Å². The summed E-state index contributed by atoms with van der Waals surface area (Å²) < 4.78 is 28.3. The predicted octanol–water partition coefficient (Wildman–Crippen LogP) is 0.443. The first-order valence-electron chi connectivity index (χ1n) is 6.15. The first-order valence-corrected chi connectivity index (χ1v) is 7.64. The van der Waals surface area contributed by atoms with Crippen LogP contribution in [0.25, 0.3) is 0 Å². The molecule has 8 heteroatoms. The molecule has 110 valence electrons. The van der Waals surface area contributed by atoms with Gasteiger partial charge in [0.05, 0.1) is 6.33 Å². The molecule has 21 heavy (non-hydrogen) atoms. The van der Waals surface area contributed by atoms with Crippen LogP contribution >= 0.6 is 0 Å². The molecular formula is C13H14N4O3S. The van der Waals surface area contributed by atoms with Crippen molar-refractivity contribution in [3.63, 3.8) is 0 Å². The molecule has 0 saturated carbocycles. The van der Waals surface area contributed by atoms with Crippen molar-refractivity contribution < 1.29 is 13.5 Å². The minimum Gasteiger partial charge on any atom is -0.384 e. The molecule has 0 aliphatic carbocycles. The second-order valence-corrected chi connectivity index (χ2v) is 5.67. The minimum atomic E-state index is -3.78. The number of pyridine rings is 1. The van der Waals surface area contributed by atoms with Crippen LogP contribution < -0.4 is 4.72 Å². The van der Waals surface area contributed by atoms with Gasteiger partial charge in [-0.05, 0) is 19.1 Å². The van der Waals surface area contributed by atoms with Gasteiger partial charge in [-0.15, -0.1) is 0 Å². The van der Waals surface area contributed by atoms with E-state index in [-0.39, 0.29) is 17.5 Å². The van der Waals surface area contributed by atoms with Crippen LogP contribution in [0, 0.1) is 11.8 Å². The Hall–Kier alpha value is -2.37. The third-order valence-corrected chi connectivity index (χ3v) is 3.80. The molecule has 0 saturated heterocycles. The molecule has 0 bridgehead atoms. The maximum Gasteiger partial charge on any atom is 0.282 e. The first kappa shape index (κ1) is 15.0. The number of hydrogen-bond donors (Lipinski definition) is 2. The van der Waals surface area contributed by atoms with E-state index in [1.807, 2.05) is 6.92 Å². The van der Waals surface area contributed by atoms with E-state index >= 15 is 0 Å². The average molecular weight is 306 g/mol. The number of sulfonamides is 1. The summed E-state index contributed by atoms with van der Waals surface area (Å²) in [6.07, 6.45) is 4.33. The standard InChI is InChI=1S/C13H14N4O3S/c1-2-17-9-13(15-10-17)21(19,20)16-12-8-11(4-3-7-18)5-6-14-12/h5-6,8-10,18H,2,7H2,1H3,(H,14,16). The van der Waals surface area contributed by atoms with Crippen molar-refractivity contribution in [3.8, 4) is 11.8 Å². The normalized spacial score (nSPS) is 10.8. The molecule has 0 aliphatic rings. The van der Waals surface area contributed by atoms with Gasteiger partial charge in [0, 0.05) is 24.5 Å². The molecule has 0 aromatic carbocycles. The lowest BCUT2D eigenvalue weighted by Gasteiger charge is -2.04. The van der Waals surface area contributed by atoms with Crippen LogP contribution in [0.1, 0.15) is 12.5 Å². The summed E-state index contributed by atoms with van der Waals surface area (Å²) in [4.78, 5) is 7.78. The molecular weight excluding hydrogens is 292 g/mol. The van der Waals surface area contributed by atoms with Gasteiger partial charge in [-0.2, -0.15) is 8.42 Å². The lowest BCUT2D eigenvalue weighted by Crippen LogP contribution is -2.14. The highest BCUT2D eigenvalue weighted by atomic mass is 32.2. The maximum atomic E-state index is 12.2. The van der Waals surface area contributed by atoms with Gasteiger partial charge >= 0.3 is 0 Å². The summed E-state index contributed by atoms with van der Waals surface area (Å²) in [5.41, 5.74) is 0.552. The summed E-state index contributed by atoms with van der Waals surface area (Å²) >= 11 is 0. The second kappa shape index (κ2) is 6.39. The number of rotatable bonds is 4. The van der Waals surface area contributed by atoms with Crippen molar-refractivity contribution in [2.75, 3.05) is 11.3 Å². The van der Waals surface area contributed by atoms with E-state index in [4.69, 9.17) is 5.11 Å². The van der Waals surface area contributed by atoms with Crippen molar-refractivity contribution in [1.82, 2.24) is 14.5 Å². The molecule has 0 radical (unpaired) electrons. The van der Waals surface area contributed by atoms with Gasteiger partial charge in [0.25, 0.3) is 10.0 Å². The van der Waals surface area contributed by atoms with Crippen LogP contribution in [0.3, 0.4) is 0 Å². The number of hydrogen-bond acceptors (Lipinski definition) is 5. The fourth-order valence-electron chi connectivity index (χ4n) is 1.55. The summed E-state index contributed by atoms with van der Waals surface area (Å²) in [6, 6.07) is 3.10. The highest BCUT2D eigenvalue weighted by molar-refractivity contribution is 7.92. The zero-order chi connectivity index (χ0) is 15.3. The molecule has 0 atom stereocenters. The number of nitrogens with zero attached hydrogens (tertiary/aromatic N) is 3. The van der Waals surface area contributed by atoms with E-state index < -0.39 is 10.0 Å². The number of aromatic nitrogens is 3. The lowest BCUT2D eigenvalue weighted by molar-refractivity contribution is 0.350. The van der Waals surface area contributed by atoms with Crippen molar-refractivity contribution in [2.24, 2.45) is 0 Å². The molecule has 2 aromatic rings. The van der Waals surface area contributed by atoms with E-state index in [0.29, 0.717) is 12.1 Å².